The first-order valence-corrected chi connectivity index (χ1v) is 9.79. The average Bonchev–Trinajstić information content (AvgIpc) is 3.40. The molecule has 1 saturated heterocycles. The van der Waals surface area contributed by atoms with Gasteiger partial charge in [-0.2, -0.15) is 5.10 Å². The van der Waals surface area contributed by atoms with E-state index in [-0.39, 0.29) is 18.4 Å². The van der Waals surface area contributed by atoms with Gasteiger partial charge in [0.1, 0.15) is 9.88 Å². The Bertz CT molecular complexity index is 1030. The highest BCUT2D eigenvalue weighted by atomic mass is 32.1. The van der Waals surface area contributed by atoms with Crippen LogP contribution < -0.4 is 0 Å². The monoisotopic (exact) mass is 396 g/mol. The smallest absolute Gasteiger partial charge is 0.308 e. The number of thiazole rings is 1. The highest BCUT2D eigenvalue weighted by Crippen LogP contribution is 2.35. The predicted molar refractivity (Wildman–Crippen MR) is 105 cm³/mol. The van der Waals surface area contributed by atoms with E-state index < -0.39 is 11.9 Å². The summed E-state index contributed by atoms with van der Waals surface area (Å²) in [6.45, 7) is 2.40. The Morgan fingerprint density at radius 2 is 1.96 bits per heavy atom. The van der Waals surface area contributed by atoms with Crippen LogP contribution >= 0.6 is 11.3 Å². The van der Waals surface area contributed by atoms with Crippen molar-refractivity contribution in [1.82, 2.24) is 19.7 Å². The van der Waals surface area contributed by atoms with E-state index in [9.17, 15) is 14.7 Å². The van der Waals surface area contributed by atoms with Crippen LogP contribution in [-0.2, 0) is 11.8 Å². The molecular weight excluding hydrogens is 376 g/mol. The Morgan fingerprint density at radius 3 is 2.61 bits per heavy atom. The lowest BCUT2D eigenvalue weighted by molar-refractivity contribution is -0.141. The number of nitrogens with zero attached hydrogens (tertiary/aromatic N) is 4. The van der Waals surface area contributed by atoms with Crippen LogP contribution in [0.15, 0.2) is 42.7 Å². The molecule has 1 N–H and O–H groups in total. The van der Waals surface area contributed by atoms with Crippen molar-refractivity contribution in [3.05, 3.63) is 58.9 Å². The number of aromatic nitrogens is 3. The molecule has 1 aromatic carbocycles. The van der Waals surface area contributed by atoms with Gasteiger partial charge < -0.3 is 10.0 Å². The minimum Gasteiger partial charge on any atom is -0.481 e. The van der Waals surface area contributed by atoms with Crippen LogP contribution in [0.25, 0.3) is 10.6 Å². The van der Waals surface area contributed by atoms with Gasteiger partial charge in [-0.25, -0.2) is 4.98 Å². The quantitative estimate of drug-likeness (QED) is 0.733. The number of likely N-dealkylation sites (tertiary alicyclic amines) is 1. The Labute approximate surface area is 166 Å². The van der Waals surface area contributed by atoms with Gasteiger partial charge in [-0.15, -0.1) is 11.3 Å². The SMILES string of the molecule is Cc1nc(-c2cnn(C)c2)sc1C(=O)N1C[C@H](C(=O)O)[C@H](c2ccccc2)C1. The fraction of sp³-hybridized carbons (Fsp3) is 0.300. The number of benzene rings is 1. The molecule has 0 aliphatic carbocycles. The highest BCUT2D eigenvalue weighted by Gasteiger charge is 2.41. The molecule has 144 valence electrons. The van der Waals surface area contributed by atoms with E-state index in [4.69, 9.17) is 0 Å². The normalized spacial score (nSPS) is 19.1. The number of carboxylic acids is 1. The first-order chi connectivity index (χ1) is 13.4. The summed E-state index contributed by atoms with van der Waals surface area (Å²) in [6, 6.07) is 9.54. The number of carboxylic acid groups (broad SMARTS) is 1. The standard InChI is InChI=1S/C20H20N4O3S/c1-12-17(28-18(22-12)14-8-21-23(2)9-14)19(25)24-10-15(16(11-24)20(26)27)13-6-4-3-5-7-13/h3-9,15-16H,10-11H2,1-2H3,(H,26,27)/t15-,16-/m0/s1. The second-order valence-corrected chi connectivity index (χ2v) is 8.01. The molecule has 28 heavy (non-hydrogen) atoms. The van der Waals surface area contributed by atoms with E-state index in [0.29, 0.717) is 17.1 Å². The molecule has 3 aromatic rings. The van der Waals surface area contributed by atoms with Gasteiger partial charge >= 0.3 is 5.97 Å². The molecule has 1 aliphatic heterocycles. The van der Waals surface area contributed by atoms with Crippen molar-refractivity contribution in [3.8, 4) is 10.6 Å². The van der Waals surface area contributed by atoms with Crippen molar-refractivity contribution in [2.75, 3.05) is 13.1 Å². The van der Waals surface area contributed by atoms with E-state index in [0.717, 1.165) is 16.1 Å². The molecule has 0 radical (unpaired) electrons. The van der Waals surface area contributed by atoms with Crippen molar-refractivity contribution in [2.45, 2.75) is 12.8 Å². The third kappa shape index (κ3) is 3.31. The minimum absolute atomic E-state index is 0.158. The van der Waals surface area contributed by atoms with Crippen LogP contribution in [0.1, 0.15) is 26.8 Å². The molecule has 0 bridgehead atoms. The second kappa shape index (κ2) is 7.20. The second-order valence-electron chi connectivity index (χ2n) is 7.01. The van der Waals surface area contributed by atoms with Gasteiger partial charge in [0.05, 0.1) is 17.8 Å². The van der Waals surface area contributed by atoms with Gasteiger partial charge in [0.2, 0.25) is 0 Å². The molecular formula is C20H20N4O3S. The van der Waals surface area contributed by atoms with E-state index >= 15 is 0 Å². The van der Waals surface area contributed by atoms with Gasteiger partial charge in [-0.3, -0.25) is 14.3 Å². The summed E-state index contributed by atoms with van der Waals surface area (Å²) in [7, 11) is 1.83. The van der Waals surface area contributed by atoms with Gasteiger partial charge in [-0.1, -0.05) is 30.3 Å². The minimum atomic E-state index is -0.874. The number of hydrogen-bond donors (Lipinski definition) is 1. The zero-order valence-electron chi connectivity index (χ0n) is 15.6. The van der Waals surface area contributed by atoms with Gasteiger partial charge in [-0.05, 0) is 12.5 Å². The Kier molecular flexibility index (Phi) is 4.72. The van der Waals surface area contributed by atoms with Crippen molar-refractivity contribution in [3.63, 3.8) is 0 Å². The Morgan fingerprint density at radius 1 is 1.21 bits per heavy atom. The van der Waals surface area contributed by atoms with Crippen LogP contribution in [0.5, 0.6) is 0 Å². The van der Waals surface area contributed by atoms with Crippen LogP contribution in [-0.4, -0.2) is 49.7 Å². The molecule has 2 atom stereocenters. The van der Waals surface area contributed by atoms with E-state index in [1.165, 1.54) is 11.3 Å². The van der Waals surface area contributed by atoms with Crippen molar-refractivity contribution >= 4 is 23.2 Å². The van der Waals surface area contributed by atoms with Crippen LogP contribution in [0.4, 0.5) is 0 Å². The molecule has 8 heteroatoms. The molecule has 1 aliphatic rings. The summed E-state index contributed by atoms with van der Waals surface area (Å²) >= 11 is 1.32. The predicted octanol–water partition coefficient (Wildman–Crippen LogP) is 2.79. The third-order valence-electron chi connectivity index (χ3n) is 5.09. The summed E-state index contributed by atoms with van der Waals surface area (Å²) < 4.78 is 1.69. The number of aliphatic carboxylic acids is 1. The fourth-order valence-electron chi connectivity index (χ4n) is 3.65. The number of aryl methyl sites for hydroxylation is 2. The number of rotatable bonds is 4. The average molecular weight is 396 g/mol. The summed E-state index contributed by atoms with van der Waals surface area (Å²) in [5.41, 5.74) is 2.47. The highest BCUT2D eigenvalue weighted by molar-refractivity contribution is 7.17. The summed E-state index contributed by atoms with van der Waals surface area (Å²) in [4.78, 5) is 31.7. The van der Waals surface area contributed by atoms with Crippen molar-refractivity contribution in [2.24, 2.45) is 13.0 Å². The first-order valence-electron chi connectivity index (χ1n) is 8.97. The maximum absolute atomic E-state index is 13.1. The lowest BCUT2D eigenvalue weighted by atomic mass is 9.89. The zero-order valence-corrected chi connectivity index (χ0v) is 16.4. The maximum Gasteiger partial charge on any atom is 0.308 e. The Hall–Kier alpha value is -3.00. The van der Waals surface area contributed by atoms with Gasteiger partial charge in [0.25, 0.3) is 5.91 Å². The molecule has 4 rings (SSSR count). The van der Waals surface area contributed by atoms with Crippen LogP contribution in [0.3, 0.4) is 0 Å². The largest absolute Gasteiger partial charge is 0.481 e. The van der Waals surface area contributed by atoms with E-state index in [2.05, 4.69) is 10.1 Å². The lowest BCUT2D eigenvalue weighted by Gasteiger charge is -2.16. The topological polar surface area (TPSA) is 88.3 Å². The third-order valence-corrected chi connectivity index (χ3v) is 6.29. The fourth-order valence-corrected chi connectivity index (χ4v) is 4.66. The molecule has 3 heterocycles. The van der Waals surface area contributed by atoms with Gasteiger partial charge in [0, 0.05) is 37.8 Å². The lowest BCUT2D eigenvalue weighted by Crippen LogP contribution is -2.29. The summed E-state index contributed by atoms with van der Waals surface area (Å²) in [5.74, 6) is -1.86. The number of amides is 1. The van der Waals surface area contributed by atoms with E-state index in [1.54, 1.807) is 15.8 Å². The molecule has 2 aromatic heterocycles. The molecule has 1 fully saturated rings. The summed E-state index contributed by atoms with van der Waals surface area (Å²) in [6.07, 6.45) is 3.57. The van der Waals surface area contributed by atoms with E-state index in [1.807, 2.05) is 50.5 Å². The molecule has 0 saturated carbocycles. The van der Waals surface area contributed by atoms with Gasteiger partial charge in [0.15, 0.2) is 0 Å². The number of carbonyl (C=O) groups excluding carboxylic acids is 1. The molecule has 0 unspecified atom stereocenters. The summed E-state index contributed by atoms with van der Waals surface area (Å²) in [5, 5.41) is 14.6. The zero-order chi connectivity index (χ0) is 19.8. The van der Waals surface area contributed by atoms with Crippen LogP contribution in [0, 0.1) is 12.8 Å². The van der Waals surface area contributed by atoms with Crippen molar-refractivity contribution in [1.29, 1.82) is 0 Å². The Balaban J connectivity index is 1.60. The maximum atomic E-state index is 13.1. The van der Waals surface area contributed by atoms with Crippen LogP contribution in [0.2, 0.25) is 0 Å². The van der Waals surface area contributed by atoms with Crippen molar-refractivity contribution < 1.29 is 14.7 Å². The number of hydrogen-bond acceptors (Lipinski definition) is 5. The molecule has 1 amide bonds. The number of carbonyl (C=O) groups is 2. The molecule has 0 spiro atoms. The first kappa shape index (κ1) is 18.4. The molecule has 7 nitrogen and oxygen atoms in total.